The molecule has 0 saturated heterocycles. The molecule has 0 amide bonds. The Morgan fingerprint density at radius 3 is 1.82 bits per heavy atom. The third-order valence-corrected chi connectivity index (χ3v) is 2.94. The Bertz CT molecular complexity index is 499. The first-order chi connectivity index (χ1) is 8.20. The number of benzene rings is 2. The van der Waals surface area contributed by atoms with Gasteiger partial charge in [0.2, 0.25) is 0 Å². The molecule has 2 heteroatoms. The van der Waals surface area contributed by atoms with E-state index in [-0.39, 0.29) is 6.04 Å². The molecule has 0 aliphatic carbocycles. The monoisotopic (exact) mass is 225 g/mol. The van der Waals surface area contributed by atoms with Gasteiger partial charge in [0.05, 0.1) is 0 Å². The Hall–Kier alpha value is -1.96. The highest BCUT2D eigenvalue weighted by atomic mass is 16.3. The quantitative estimate of drug-likeness (QED) is 0.707. The van der Waals surface area contributed by atoms with Gasteiger partial charge in [0.1, 0.15) is 6.04 Å². The van der Waals surface area contributed by atoms with E-state index in [4.69, 9.17) is 0 Å². The first-order valence-corrected chi connectivity index (χ1v) is 5.70. The fourth-order valence-electron chi connectivity index (χ4n) is 1.76. The molecule has 1 atom stereocenters. The molecule has 2 rings (SSSR count). The Morgan fingerprint density at radius 1 is 0.882 bits per heavy atom. The zero-order valence-electron chi connectivity index (χ0n) is 10.1. The van der Waals surface area contributed by atoms with Crippen molar-refractivity contribution in [3.8, 4) is 11.1 Å². The molecule has 2 aromatic carbocycles. The van der Waals surface area contributed by atoms with E-state index in [1.807, 2.05) is 24.3 Å². The van der Waals surface area contributed by atoms with Crippen LogP contribution in [0.5, 0.6) is 0 Å². The molecule has 0 radical (unpaired) electrons. The molecule has 86 valence electrons. The molecular weight excluding hydrogens is 210 g/mol. The summed E-state index contributed by atoms with van der Waals surface area (Å²) in [6.07, 6.45) is 0. The predicted molar refractivity (Wildman–Crippen MR) is 70.8 cm³/mol. The molecule has 0 bridgehead atoms. The van der Waals surface area contributed by atoms with Gasteiger partial charge in [-0.1, -0.05) is 59.3 Å². The predicted octanol–water partition coefficient (Wildman–Crippen LogP) is 4.49. The van der Waals surface area contributed by atoms with E-state index in [1.54, 1.807) is 6.92 Å². The van der Waals surface area contributed by atoms with Gasteiger partial charge in [-0.25, -0.2) is 0 Å². The lowest BCUT2D eigenvalue weighted by atomic mass is 10.0. The molecule has 0 aliphatic rings. The van der Waals surface area contributed by atoms with Gasteiger partial charge in [0, 0.05) is 0 Å². The summed E-state index contributed by atoms with van der Waals surface area (Å²) in [7, 11) is 0. The van der Waals surface area contributed by atoms with Crippen LogP contribution in [0, 0.1) is 11.8 Å². The van der Waals surface area contributed by atoms with Crippen LogP contribution in [0.2, 0.25) is 0 Å². The highest BCUT2D eigenvalue weighted by Gasteiger charge is 2.04. The lowest BCUT2D eigenvalue weighted by molar-refractivity contribution is 0.812. The number of nitroso groups, excluding NO2 is 1. The van der Waals surface area contributed by atoms with Gasteiger partial charge >= 0.3 is 0 Å². The second kappa shape index (κ2) is 4.91. The molecule has 0 aliphatic heterocycles. The first kappa shape index (κ1) is 11.5. The van der Waals surface area contributed by atoms with E-state index in [0.717, 1.165) is 11.1 Å². The van der Waals surface area contributed by atoms with Crippen LogP contribution in [0.1, 0.15) is 24.1 Å². The van der Waals surface area contributed by atoms with E-state index in [2.05, 4.69) is 36.4 Å². The van der Waals surface area contributed by atoms with E-state index in [0.29, 0.717) is 0 Å². The second-order valence-corrected chi connectivity index (χ2v) is 4.27. The van der Waals surface area contributed by atoms with Crippen molar-refractivity contribution < 1.29 is 0 Å². The maximum Gasteiger partial charge on any atom is 0.114 e. The van der Waals surface area contributed by atoms with Crippen molar-refractivity contribution in [2.75, 3.05) is 0 Å². The molecule has 0 saturated carbocycles. The second-order valence-electron chi connectivity index (χ2n) is 4.27. The Labute approximate surface area is 101 Å². The highest BCUT2D eigenvalue weighted by Crippen LogP contribution is 2.23. The van der Waals surface area contributed by atoms with Crippen molar-refractivity contribution in [2.45, 2.75) is 19.9 Å². The Morgan fingerprint density at radius 2 is 1.35 bits per heavy atom. The first-order valence-electron chi connectivity index (χ1n) is 5.70. The highest BCUT2D eigenvalue weighted by molar-refractivity contribution is 5.64. The van der Waals surface area contributed by atoms with Crippen LogP contribution in [0.25, 0.3) is 11.1 Å². The normalized spacial score (nSPS) is 12.1. The fraction of sp³-hybridized carbons (Fsp3) is 0.200. The average Bonchev–Trinajstić information content (AvgIpc) is 2.39. The molecular formula is C15H15NO. The van der Waals surface area contributed by atoms with Crippen molar-refractivity contribution in [1.82, 2.24) is 0 Å². The van der Waals surface area contributed by atoms with E-state index in [9.17, 15) is 4.91 Å². The Balaban J connectivity index is 2.29. The molecule has 1 unspecified atom stereocenters. The summed E-state index contributed by atoms with van der Waals surface area (Å²) in [6.45, 7) is 3.87. The van der Waals surface area contributed by atoms with Crippen LogP contribution in [0.4, 0.5) is 0 Å². The third-order valence-electron chi connectivity index (χ3n) is 2.94. The standard InChI is InChI=1S/C15H15NO/c1-11-3-5-14(6-4-11)15-9-7-13(8-10-15)12(2)16-17/h3-10,12H,1-2H3. The maximum absolute atomic E-state index is 10.4. The lowest BCUT2D eigenvalue weighted by Crippen LogP contribution is -1.88. The lowest BCUT2D eigenvalue weighted by Gasteiger charge is -2.06. The van der Waals surface area contributed by atoms with Crippen molar-refractivity contribution in [1.29, 1.82) is 0 Å². The van der Waals surface area contributed by atoms with Gasteiger partial charge in [-0.15, -0.1) is 0 Å². The molecule has 0 spiro atoms. The van der Waals surface area contributed by atoms with E-state index in [1.165, 1.54) is 11.1 Å². The summed E-state index contributed by atoms with van der Waals surface area (Å²) in [5.74, 6) is 0. The summed E-state index contributed by atoms with van der Waals surface area (Å²) in [5, 5.41) is 3.02. The number of hydrogen-bond donors (Lipinski definition) is 0. The third kappa shape index (κ3) is 2.59. The summed E-state index contributed by atoms with van der Waals surface area (Å²) >= 11 is 0. The minimum absolute atomic E-state index is 0.276. The van der Waals surface area contributed by atoms with Gasteiger partial charge in [-0.05, 0) is 30.5 Å². The smallest absolute Gasteiger partial charge is 0.114 e. The zero-order chi connectivity index (χ0) is 12.3. The van der Waals surface area contributed by atoms with Crippen molar-refractivity contribution >= 4 is 0 Å². The minimum Gasteiger partial charge on any atom is -0.150 e. The number of nitrogens with zero attached hydrogens (tertiary/aromatic N) is 1. The van der Waals surface area contributed by atoms with Crippen molar-refractivity contribution in [3.63, 3.8) is 0 Å². The van der Waals surface area contributed by atoms with Gasteiger partial charge in [0.25, 0.3) is 0 Å². The van der Waals surface area contributed by atoms with Crippen LogP contribution >= 0.6 is 0 Å². The van der Waals surface area contributed by atoms with Crippen LogP contribution in [0.15, 0.2) is 53.7 Å². The molecule has 2 aromatic rings. The maximum atomic E-state index is 10.4. The average molecular weight is 225 g/mol. The van der Waals surface area contributed by atoms with Crippen molar-refractivity contribution in [3.05, 3.63) is 64.6 Å². The molecule has 2 nitrogen and oxygen atoms in total. The largest absolute Gasteiger partial charge is 0.150 e. The molecule has 0 aromatic heterocycles. The SMILES string of the molecule is Cc1ccc(-c2ccc(C(C)N=O)cc2)cc1. The number of hydrogen-bond acceptors (Lipinski definition) is 2. The summed E-state index contributed by atoms with van der Waals surface area (Å²) in [6, 6.07) is 16.1. The number of aryl methyl sites for hydroxylation is 1. The van der Waals surface area contributed by atoms with Gasteiger partial charge in [-0.3, -0.25) is 0 Å². The summed E-state index contributed by atoms with van der Waals surface area (Å²) in [5.41, 5.74) is 4.56. The molecule has 0 heterocycles. The van der Waals surface area contributed by atoms with Crippen LogP contribution in [0.3, 0.4) is 0 Å². The molecule has 0 N–H and O–H groups in total. The van der Waals surface area contributed by atoms with Gasteiger partial charge < -0.3 is 0 Å². The van der Waals surface area contributed by atoms with E-state index < -0.39 is 0 Å². The molecule has 0 fully saturated rings. The fourth-order valence-corrected chi connectivity index (χ4v) is 1.76. The summed E-state index contributed by atoms with van der Waals surface area (Å²) < 4.78 is 0. The van der Waals surface area contributed by atoms with E-state index >= 15 is 0 Å². The van der Waals surface area contributed by atoms with Gasteiger partial charge in [0.15, 0.2) is 0 Å². The topological polar surface area (TPSA) is 29.4 Å². The zero-order valence-corrected chi connectivity index (χ0v) is 10.1. The van der Waals surface area contributed by atoms with Crippen molar-refractivity contribution in [2.24, 2.45) is 5.18 Å². The molecule has 17 heavy (non-hydrogen) atoms. The number of rotatable bonds is 3. The van der Waals surface area contributed by atoms with Crippen LogP contribution in [-0.2, 0) is 0 Å². The van der Waals surface area contributed by atoms with Crippen LogP contribution in [-0.4, -0.2) is 0 Å². The van der Waals surface area contributed by atoms with Crippen LogP contribution < -0.4 is 0 Å². The Kier molecular flexibility index (Phi) is 3.33. The van der Waals surface area contributed by atoms with Gasteiger partial charge in [-0.2, -0.15) is 4.91 Å². The summed E-state index contributed by atoms with van der Waals surface area (Å²) in [4.78, 5) is 10.4. The minimum atomic E-state index is -0.276.